The molecule has 0 saturated carbocycles. The Morgan fingerprint density at radius 2 is 2.33 bits per heavy atom. The van der Waals surface area contributed by atoms with Crippen molar-refractivity contribution in [2.75, 3.05) is 7.05 Å². The number of nitrogens with one attached hydrogen (secondary N) is 1. The lowest BCUT2D eigenvalue weighted by atomic mass is 10.2. The highest BCUT2D eigenvalue weighted by molar-refractivity contribution is 7.96. The van der Waals surface area contributed by atoms with Crippen molar-refractivity contribution < 1.29 is 4.79 Å². The molecule has 0 aromatic rings. The molecule has 0 radical (unpaired) electrons. The van der Waals surface area contributed by atoms with Gasteiger partial charge in [0, 0.05) is 0 Å². The van der Waals surface area contributed by atoms with Crippen LogP contribution in [0.3, 0.4) is 0 Å². The van der Waals surface area contributed by atoms with Crippen LogP contribution in [0.15, 0.2) is 0 Å². The predicted octanol–water partition coefficient (Wildman–Crippen LogP) is 0.831. The Labute approximate surface area is 61.4 Å². The molecule has 1 atom stereocenters. The maximum atomic E-state index is 10.6. The van der Waals surface area contributed by atoms with Crippen LogP contribution in [-0.2, 0) is 4.79 Å². The van der Waals surface area contributed by atoms with Gasteiger partial charge in [0.2, 0.25) is 5.12 Å². The molecule has 2 nitrogen and oxygen atoms in total. The van der Waals surface area contributed by atoms with Crippen molar-refractivity contribution in [1.82, 2.24) is 5.32 Å². The van der Waals surface area contributed by atoms with Crippen molar-refractivity contribution in [2.24, 2.45) is 0 Å². The fourth-order valence-electron chi connectivity index (χ4n) is 0.680. The topological polar surface area (TPSA) is 29.1 Å². The lowest BCUT2D eigenvalue weighted by Crippen LogP contribution is -2.30. The van der Waals surface area contributed by atoms with E-state index in [4.69, 9.17) is 0 Å². The van der Waals surface area contributed by atoms with Gasteiger partial charge >= 0.3 is 0 Å². The Kier molecular flexibility index (Phi) is 4.81. The van der Waals surface area contributed by atoms with Gasteiger partial charge < -0.3 is 5.32 Å². The number of likely N-dealkylation sites (N-methyl/N-ethyl adjacent to an activating group) is 1. The summed E-state index contributed by atoms with van der Waals surface area (Å²) in [7, 11) is 1.77. The molecule has 0 saturated heterocycles. The van der Waals surface area contributed by atoms with E-state index in [1.807, 2.05) is 6.92 Å². The van der Waals surface area contributed by atoms with Gasteiger partial charge in [-0.3, -0.25) is 4.79 Å². The predicted molar refractivity (Wildman–Crippen MR) is 41.7 cm³/mol. The largest absolute Gasteiger partial charge is 0.310 e. The molecule has 1 unspecified atom stereocenters. The lowest BCUT2D eigenvalue weighted by Gasteiger charge is -2.08. The van der Waals surface area contributed by atoms with Crippen LogP contribution >= 0.6 is 12.6 Å². The van der Waals surface area contributed by atoms with E-state index >= 15 is 0 Å². The molecule has 9 heavy (non-hydrogen) atoms. The van der Waals surface area contributed by atoms with Crippen LogP contribution in [0.25, 0.3) is 0 Å². The lowest BCUT2D eigenvalue weighted by molar-refractivity contribution is -0.112. The highest BCUT2D eigenvalue weighted by Gasteiger charge is 2.09. The first-order chi connectivity index (χ1) is 4.22. The fourth-order valence-corrected chi connectivity index (χ4v) is 0.938. The van der Waals surface area contributed by atoms with Crippen LogP contribution in [0.4, 0.5) is 0 Å². The first-order valence-electron chi connectivity index (χ1n) is 3.12. The Hall–Kier alpha value is -0.0200. The minimum Gasteiger partial charge on any atom is -0.310 e. The van der Waals surface area contributed by atoms with Gasteiger partial charge in [-0.15, -0.1) is 12.6 Å². The maximum Gasteiger partial charge on any atom is 0.202 e. The molecule has 0 fully saturated rings. The molecule has 0 aliphatic carbocycles. The summed E-state index contributed by atoms with van der Waals surface area (Å²) in [4.78, 5) is 10.6. The molecule has 3 heteroatoms. The molecule has 0 heterocycles. The molecule has 54 valence electrons. The van der Waals surface area contributed by atoms with Gasteiger partial charge in [-0.25, -0.2) is 0 Å². The Morgan fingerprint density at radius 1 is 1.78 bits per heavy atom. The normalized spacial score (nSPS) is 13.2. The highest BCUT2D eigenvalue weighted by Crippen LogP contribution is 1.98. The average Bonchev–Trinajstić information content (AvgIpc) is 1.82. The molecule has 0 aliphatic rings. The summed E-state index contributed by atoms with van der Waals surface area (Å²) in [5.41, 5.74) is 0. The average molecular weight is 147 g/mol. The highest BCUT2D eigenvalue weighted by atomic mass is 32.1. The summed E-state index contributed by atoms with van der Waals surface area (Å²) in [5, 5.41) is 2.81. The zero-order valence-corrected chi connectivity index (χ0v) is 6.74. The summed E-state index contributed by atoms with van der Waals surface area (Å²) in [6.45, 7) is 2.04. The number of hydrogen-bond donors (Lipinski definition) is 2. The van der Waals surface area contributed by atoms with E-state index in [0.29, 0.717) is 0 Å². The summed E-state index contributed by atoms with van der Waals surface area (Å²) in [6, 6.07) is -0.0571. The van der Waals surface area contributed by atoms with Gasteiger partial charge in [0.05, 0.1) is 6.04 Å². The summed E-state index contributed by atoms with van der Waals surface area (Å²) < 4.78 is 0. The number of rotatable bonds is 4. The number of hydrogen-bond acceptors (Lipinski definition) is 2. The fraction of sp³-hybridized carbons (Fsp3) is 0.833. The van der Waals surface area contributed by atoms with Gasteiger partial charge in [0.1, 0.15) is 0 Å². The van der Waals surface area contributed by atoms with Crippen LogP contribution in [0.1, 0.15) is 19.8 Å². The van der Waals surface area contributed by atoms with E-state index in [1.165, 1.54) is 0 Å². The van der Waals surface area contributed by atoms with Gasteiger partial charge in [-0.05, 0) is 13.5 Å². The van der Waals surface area contributed by atoms with E-state index in [2.05, 4.69) is 17.9 Å². The van der Waals surface area contributed by atoms with Crippen LogP contribution < -0.4 is 5.32 Å². The zero-order valence-electron chi connectivity index (χ0n) is 5.85. The Balaban J connectivity index is 3.54. The quantitative estimate of drug-likeness (QED) is 0.577. The second-order valence-corrected chi connectivity index (χ2v) is 2.41. The molecule has 0 aromatic carbocycles. The Bertz CT molecular complexity index is 95.1. The van der Waals surface area contributed by atoms with E-state index in [1.54, 1.807) is 7.05 Å². The van der Waals surface area contributed by atoms with Gasteiger partial charge in [0.15, 0.2) is 0 Å². The van der Waals surface area contributed by atoms with Crippen LogP contribution in [0.2, 0.25) is 0 Å². The third kappa shape index (κ3) is 3.54. The van der Waals surface area contributed by atoms with Gasteiger partial charge in [-0.2, -0.15) is 0 Å². The smallest absolute Gasteiger partial charge is 0.202 e. The third-order valence-electron chi connectivity index (χ3n) is 1.22. The standard InChI is InChI=1S/C6H13NOS/c1-3-4-5(7-2)6(8)9/h5,7H,3-4H2,1-2H3,(H,8,9). The molecule has 0 rings (SSSR count). The van der Waals surface area contributed by atoms with Crippen molar-refractivity contribution in [3.8, 4) is 0 Å². The maximum absolute atomic E-state index is 10.6. The van der Waals surface area contributed by atoms with Crippen LogP contribution in [0, 0.1) is 0 Å². The molecule has 0 spiro atoms. The monoisotopic (exact) mass is 147 g/mol. The first kappa shape index (κ1) is 8.98. The van der Waals surface area contributed by atoms with E-state index in [9.17, 15) is 4.79 Å². The summed E-state index contributed by atoms with van der Waals surface area (Å²) in [6.07, 6.45) is 1.89. The molecule has 0 amide bonds. The van der Waals surface area contributed by atoms with Gasteiger partial charge in [-0.1, -0.05) is 13.3 Å². The van der Waals surface area contributed by atoms with E-state index in [0.717, 1.165) is 12.8 Å². The molecular formula is C6H13NOS. The van der Waals surface area contributed by atoms with Crippen molar-refractivity contribution in [1.29, 1.82) is 0 Å². The van der Waals surface area contributed by atoms with Crippen molar-refractivity contribution >= 4 is 17.7 Å². The second-order valence-electron chi connectivity index (χ2n) is 1.97. The van der Waals surface area contributed by atoms with E-state index in [-0.39, 0.29) is 11.2 Å². The minimum absolute atomic E-state index is 0.0571. The number of carbonyl (C=O) groups excluding carboxylic acids is 1. The number of carbonyl (C=O) groups is 1. The Morgan fingerprint density at radius 3 is 2.44 bits per heavy atom. The SMILES string of the molecule is CCCC(NC)C(=O)S. The van der Waals surface area contributed by atoms with Crippen LogP contribution in [-0.4, -0.2) is 18.2 Å². The number of thiol groups is 1. The van der Waals surface area contributed by atoms with Crippen molar-refractivity contribution in [3.05, 3.63) is 0 Å². The van der Waals surface area contributed by atoms with E-state index < -0.39 is 0 Å². The molecular weight excluding hydrogens is 134 g/mol. The third-order valence-corrected chi connectivity index (χ3v) is 1.54. The van der Waals surface area contributed by atoms with Gasteiger partial charge in [0.25, 0.3) is 0 Å². The van der Waals surface area contributed by atoms with Crippen molar-refractivity contribution in [3.63, 3.8) is 0 Å². The molecule has 0 aromatic heterocycles. The molecule has 0 aliphatic heterocycles. The molecule has 1 N–H and O–H groups in total. The zero-order chi connectivity index (χ0) is 7.28. The molecule has 0 bridgehead atoms. The second kappa shape index (κ2) is 4.82. The van der Waals surface area contributed by atoms with Crippen molar-refractivity contribution in [2.45, 2.75) is 25.8 Å². The van der Waals surface area contributed by atoms with Crippen LogP contribution in [0.5, 0.6) is 0 Å². The summed E-state index contributed by atoms with van der Waals surface area (Å²) >= 11 is 3.71. The summed E-state index contributed by atoms with van der Waals surface area (Å²) in [5.74, 6) is 0. The first-order valence-corrected chi connectivity index (χ1v) is 3.57. The minimum atomic E-state index is -0.0700.